The molecule has 1 fully saturated rings. The molecule has 1 unspecified atom stereocenters. The quantitative estimate of drug-likeness (QED) is 0.816. The van der Waals surface area contributed by atoms with Crippen LogP contribution in [0.5, 0.6) is 0 Å². The van der Waals surface area contributed by atoms with E-state index in [1.807, 2.05) is 13.8 Å². The van der Waals surface area contributed by atoms with Gasteiger partial charge in [-0.25, -0.2) is 0 Å². The molecule has 0 saturated carbocycles. The molecule has 1 aromatic rings. The highest BCUT2D eigenvalue weighted by Gasteiger charge is 2.18. The Bertz CT molecular complexity index is 375. The van der Waals surface area contributed by atoms with Gasteiger partial charge in [0.25, 0.3) is 0 Å². The third-order valence-electron chi connectivity index (χ3n) is 3.28. The van der Waals surface area contributed by atoms with Gasteiger partial charge < -0.3 is 15.2 Å². The summed E-state index contributed by atoms with van der Waals surface area (Å²) in [6.07, 6.45) is 1.70. The highest BCUT2D eigenvalue weighted by molar-refractivity contribution is 5.76. The number of carbonyl (C=O) groups excluding carboxylic acids is 1. The van der Waals surface area contributed by atoms with Crippen LogP contribution >= 0.6 is 0 Å². The van der Waals surface area contributed by atoms with Gasteiger partial charge in [0.1, 0.15) is 5.76 Å². The van der Waals surface area contributed by atoms with Crippen LogP contribution in [0.2, 0.25) is 0 Å². The average molecular weight is 237 g/mol. The van der Waals surface area contributed by atoms with Crippen LogP contribution in [0, 0.1) is 19.8 Å². The first-order valence-electron chi connectivity index (χ1n) is 6.06. The van der Waals surface area contributed by atoms with Crippen molar-refractivity contribution in [1.29, 1.82) is 0 Å². The van der Waals surface area contributed by atoms with Gasteiger partial charge >= 0.3 is 0 Å². The lowest BCUT2D eigenvalue weighted by molar-refractivity contribution is -0.122. The van der Waals surface area contributed by atoms with Crippen molar-refractivity contribution in [3.05, 3.63) is 17.0 Å². The van der Waals surface area contributed by atoms with Gasteiger partial charge in [-0.1, -0.05) is 5.16 Å². The summed E-state index contributed by atoms with van der Waals surface area (Å²) in [5.41, 5.74) is 1.84. The van der Waals surface area contributed by atoms with E-state index in [9.17, 15) is 4.79 Å². The van der Waals surface area contributed by atoms with Crippen molar-refractivity contribution in [3.63, 3.8) is 0 Å². The van der Waals surface area contributed by atoms with Gasteiger partial charge in [-0.3, -0.25) is 4.79 Å². The van der Waals surface area contributed by atoms with Crippen LogP contribution in [0.25, 0.3) is 0 Å². The zero-order valence-electron chi connectivity index (χ0n) is 10.4. The van der Waals surface area contributed by atoms with E-state index < -0.39 is 0 Å². The summed E-state index contributed by atoms with van der Waals surface area (Å²) in [7, 11) is 0. The fraction of sp³-hybridized carbons (Fsp3) is 0.667. The van der Waals surface area contributed by atoms with Crippen molar-refractivity contribution in [2.24, 2.45) is 5.92 Å². The second-order valence-electron chi connectivity index (χ2n) is 4.64. The largest absolute Gasteiger partial charge is 0.361 e. The Labute approximate surface area is 101 Å². The molecule has 1 atom stereocenters. The monoisotopic (exact) mass is 237 g/mol. The highest BCUT2D eigenvalue weighted by Crippen LogP contribution is 2.13. The van der Waals surface area contributed by atoms with Crippen LogP contribution in [-0.4, -0.2) is 24.2 Å². The minimum absolute atomic E-state index is 0.110. The van der Waals surface area contributed by atoms with E-state index in [4.69, 9.17) is 4.52 Å². The van der Waals surface area contributed by atoms with E-state index in [1.54, 1.807) is 0 Å². The molecule has 0 spiro atoms. The van der Waals surface area contributed by atoms with Crippen molar-refractivity contribution >= 4 is 5.91 Å². The van der Waals surface area contributed by atoms with E-state index in [2.05, 4.69) is 15.8 Å². The molecule has 1 aliphatic rings. The van der Waals surface area contributed by atoms with Crippen molar-refractivity contribution in [2.75, 3.05) is 13.1 Å². The van der Waals surface area contributed by atoms with Crippen molar-refractivity contribution in [3.8, 4) is 0 Å². The number of rotatable bonds is 4. The van der Waals surface area contributed by atoms with Crippen molar-refractivity contribution in [1.82, 2.24) is 15.8 Å². The number of nitrogens with zero attached hydrogens (tertiary/aromatic N) is 1. The molecule has 0 aromatic carbocycles. The average Bonchev–Trinajstić information content (AvgIpc) is 2.88. The van der Waals surface area contributed by atoms with Gasteiger partial charge in [-0.2, -0.15) is 0 Å². The van der Waals surface area contributed by atoms with Crippen LogP contribution in [0.3, 0.4) is 0 Å². The van der Waals surface area contributed by atoms with E-state index in [0.29, 0.717) is 18.9 Å². The molecule has 94 valence electrons. The summed E-state index contributed by atoms with van der Waals surface area (Å²) in [5.74, 6) is 1.38. The molecule has 0 aliphatic carbocycles. The standard InChI is InChI=1S/C12H19N3O2/c1-8-11(9(2)17-15-8)7-14-12(16)5-10-3-4-13-6-10/h10,13H,3-7H2,1-2H3,(H,14,16). The van der Waals surface area contributed by atoms with Crippen LogP contribution in [0.1, 0.15) is 29.9 Å². The summed E-state index contributed by atoms with van der Waals surface area (Å²) in [4.78, 5) is 11.7. The lowest BCUT2D eigenvalue weighted by Gasteiger charge is -2.08. The third-order valence-corrected chi connectivity index (χ3v) is 3.28. The lowest BCUT2D eigenvalue weighted by Crippen LogP contribution is -2.26. The first-order chi connectivity index (χ1) is 8.16. The van der Waals surface area contributed by atoms with Gasteiger partial charge in [0.05, 0.1) is 5.69 Å². The molecular weight excluding hydrogens is 218 g/mol. The summed E-state index contributed by atoms with van der Waals surface area (Å²) >= 11 is 0. The number of nitrogens with one attached hydrogen (secondary N) is 2. The molecule has 5 nitrogen and oxygen atoms in total. The third kappa shape index (κ3) is 3.06. The maximum atomic E-state index is 11.7. The Morgan fingerprint density at radius 2 is 2.41 bits per heavy atom. The molecule has 2 rings (SSSR count). The summed E-state index contributed by atoms with van der Waals surface area (Å²) in [6, 6.07) is 0. The summed E-state index contributed by atoms with van der Waals surface area (Å²) in [5, 5.41) is 10.0. The van der Waals surface area contributed by atoms with E-state index in [-0.39, 0.29) is 5.91 Å². The van der Waals surface area contributed by atoms with Gasteiger partial charge in [0.15, 0.2) is 0 Å². The van der Waals surface area contributed by atoms with Gasteiger partial charge in [-0.15, -0.1) is 0 Å². The Morgan fingerprint density at radius 1 is 1.59 bits per heavy atom. The Hall–Kier alpha value is -1.36. The molecule has 2 heterocycles. The minimum atomic E-state index is 0.110. The molecule has 1 amide bonds. The number of hydrogen-bond acceptors (Lipinski definition) is 4. The molecule has 1 aromatic heterocycles. The minimum Gasteiger partial charge on any atom is -0.361 e. The zero-order valence-corrected chi connectivity index (χ0v) is 10.4. The molecule has 1 saturated heterocycles. The molecule has 17 heavy (non-hydrogen) atoms. The molecule has 5 heteroatoms. The normalized spacial score (nSPS) is 19.5. The fourth-order valence-corrected chi connectivity index (χ4v) is 2.16. The van der Waals surface area contributed by atoms with Crippen LogP contribution < -0.4 is 10.6 Å². The van der Waals surface area contributed by atoms with Crippen LogP contribution in [0.4, 0.5) is 0 Å². The van der Waals surface area contributed by atoms with Crippen molar-refractivity contribution < 1.29 is 9.32 Å². The van der Waals surface area contributed by atoms with Gasteiger partial charge in [-0.05, 0) is 39.3 Å². The highest BCUT2D eigenvalue weighted by atomic mass is 16.5. The maximum Gasteiger partial charge on any atom is 0.220 e. The fourth-order valence-electron chi connectivity index (χ4n) is 2.16. The number of aromatic nitrogens is 1. The smallest absolute Gasteiger partial charge is 0.220 e. The molecule has 0 radical (unpaired) electrons. The summed E-state index contributed by atoms with van der Waals surface area (Å²) in [6.45, 7) is 6.25. The maximum absolute atomic E-state index is 11.7. The predicted octanol–water partition coefficient (Wildman–Crippen LogP) is 0.907. The van der Waals surface area contributed by atoms with Crippen molar-refractivity contribution in [2.45, 2.75) is 33.2 Å². The number of aryl methyl sites for hydroxylation is 2. The van der Waals surface area contributed by atoms with E-state index in [1.165, 1.54) is 0 Å². The van der Waals surface area contributed by atoms with E-state index in [0.717, 1.165) is 36.5 Å². The first kappa shape index (κ1) is 12.1. The lowest BCUT2D eigenvalue weighted by atomic mass is 10.0. The topological polar surface area (TPSA) is 67.2 Å². The second-order valence-corrected chi connectivity index (χ2v) is 4.64. The van der Waals surface area contributed by atoms with Gasteiger partial charge in [0, 0.05) is 18.5 Å². The molecular formula is C12H19N3O2. The SMILES string of the molecule is Cc1noc(C)c1CNC(=O)CC1CCNC1. The Balaban J connectivity index is 1.79. The molecule has 0 bridgehead atoms. The zero-order chi connectivity index (χ0) is 12.3. The first-order valence-corrected chi connectivity index (χ1v) is 6.06. The number of hydrogen-bond donors (Lipinski definition) is 2. The predicted molar refractivity (Wildman–Crippen MR) is 63.4 cm³/mol. The molecule has 2 N–H and O–H groups in total. The Morgan fingerprint density at radius 3 is 3.00 bits per heavy atom. The molecule has 1 aliphatic heterocycles. The van der Waals surface area contributed by atoms with E-state index >= 15 is 0 Å². The van der Waals surface area contributed by atoms with Gasteiger partial charge in [0.2, 0.25) is 5.91 Å². The Kier molecular flexibility index (Phi) is 3.78. The van der Waals surface area contributed by atoms with Crippen LogP contribution in [0.15, 0.2) is 4.52 Å². The number of amides is 1. The summed E-state index contributed by atoms with van der Waals surface area (Å²) < 4.78 is 5.05. The number of carbonyl (C=O) groups is 1. The van der Waals surface area contributed by atoms with Crippen LogP contribution in [-0.2, 0) is 11.3 Å². The second kappa shape index (κ2) is 5.31.